The predicted molar refractivity (Wildman–Crippen MR) is 115 cm³/mol. The van der Waals surface area contributed by atoms with Crippen LogP contribution in [-0.2, 0) is 16.1 Å². The Morgan fingerprint density at radius 2 is 2.16 bits per heavy atom. The molecule has 1 aromatic carbocycles. The van der Waals surface area contributed by atoms with Crippen LogP contribution in [0.3, 0.4) is 0 Å². The highest BCUT2D eigenvalue weighted by Gasteiger charge is 2.42. The van der Waals surface area contributed by atoms with Crippen LogP contribution in [0.4, 0.5) is 0 Å². The molecule has 166 valence electrons. The van der Waals surface area contributed by atoms with Crippen molar-refractivity contribution < 1.29 is 9.59 Å². The zero-order chi connectivity index (χ0) is 22.0. The van der Waals surface area contributed by atoms with E-state index in [4.69, 9.17) is 11.6 Å². The number of tetrazole rings is 1. The Morgan fingerprint density at radius 3 is 2.90 bits per heavy atom. The van der Waals surface area contributed by atoms with E-state index in [1.54, 1.807) is 17.0 Å². The molecule has 1 unspecified atom stereocenters. The van der Waals surface area contributed by atoms with Crippen molar-refractivity contribution >= 4 is 23.4 Å². The molecular formula is C21H28ClN7O2. The lowest BCUT2D eigenvalue weighted by Gasteiger charge is -2.30. The predicted octanol–water partition coefficient (Wildman–Crippen LogP) is 1.56. The van der Waals surface area contributed by atoms with Crippen molar-refractivity contribution in [1.82, 2.24) is 35.7 Å². The Labute approximate surface area is 186 Å². The van der Waals surface area contributed by atoms with Gasteiger partial charge in [-0.3, -0.25) is 9.59 Å². The normalized spacial score (nSPS) is 23.5. The molecule has 0 spiro atoms. The van der Waals surface area contributed by atoms with E-state index in [1.807, 2.05) is 6.07 Å². The first-order valence-electron chi connectivity index (χ1n) is 10.8. The van der Waals surface area contributed by atoms with Gasteiger partial charge >= 0.3 is 0 Å². The summed E-state index contributed by atoms with van der Waals surface area (Å²) >= 11 is 6.16. The first-order chi connectivity index (χ1) is 15.0. The summed E-state index contributed by atoms with van der Waals surface area (Å²) in [5.41, 5.74) is 1.53. The van der Waals surface area contributed by atoms with Crippen LogP contribution >= 0.6 is 11.6 Å². The van der Waals surface area contributed by atoms with Crippen LogP contribution in [0.2, 0.25) is 5.02 Å². The van der Waals surface area contributed by atoms with E-state index in [2.05, 4.69) is 40.0 Å². The quantitative estimate of drug-likeness (QED) is 0.699. The van der Waals surface area contributed by atoms with Crippen LogP contribution in [0.1, 0.15) is 38.7 Å². The highest BCUT2D eigenvalue weighted by Crippen LogP contribution is 2.28. The monoisotopic (exact) mass is 445 g/mol. The SMILES string of the molecule is CC(C)C1CCN[C@@H]1C(=O)N1CCC[C@H]1C(=O)NCc1cc(Cl)ccc1-n1cnnn1. The molecule has 0 saturated carbocycles. The van der Waals surface area contributed by atoms with Gasteiger partial charge in [-0.1, -0.05) is 25.4 Å². The maximum atomic E-state index is 13.2. The fourth-order valence-electron chi connectivity index (χ4n) is 4.68. The largest absolute Gasteiger partial charge is 0.350 e. The van der Waals surface area contributed by atoms with E-state index in [0.29, 0.717) is 29.8 Å². The number of amides is 2. The van der Waals surface area contributed by atoms with Crippen LogP contribution in [0.25, 0.3) is 5.69 Å². The molecule has 1 aromatic heterocycles. The molecule has 10 heteroatoms. The van der Waals surface area contributed by atoms with Gasteiger partial charge in [-0.2, -0.15) is 0 Å². The molecule has 0 radical (unpaired) electrons. The first kappa shape index (κ1) is 21.7. The Morgan fingerprint density at radius 1 is 1.32 bits per heavy atom. The molecule has 2 saturated heterocycles. The van der Waals surface area contributed by atoms with Crippen LogP contribution in [0, 0.1) is 11.8 Å². The molecule has 3 atom stereocenters. The van der Waals surface area contributed by atoms with Crippen molar-refractivity contribution in [2.45, 2.75) is 51.7 Å². The summed E-state index contributed by atoms with van der Waals surface area (Å²) in [5.74, 6) is 0.632. The van der Waals surface area contributed by atoms with Crippen LogP contribution in [-0.4, -0.2) is 62.1 Å². The second-order valence-electron chi connectivity index (χ2n) is 8.56. The third-order valence-electron chi connectivity index (χ3n) is 6.32. The molecule has 9 nitrogen and oxygen atoms in total. The first-order valence-corrected chi connectivity index (χ1v) is 11.2. The van der Waals surface area contributed by atoms with Crippen LogP contribution in [0.15, 0.2) is 24.5 Å². The third kappa shape index (κ3) is 4.57. The van der Waals surface area contributed by atoms with Gasteiger partial charge in [0.05, 0.1) is 11.7 Å². The second kappa shape index (κ2) is 9.32. The molecule has 0 bridgehead atoms. The van der Waals surface area contributed by atoms with E-state index in [0.717, 1.165) is 30.6 Å². The number of rotatable bonds is 6. The van der Waals surface area contributed by atoms with Crippen molar-refractivity contribution in [3.8, 4) is 5.69 Å². The zero-order valence-electron chi connectivity index (χ0n) is 17.8. The average molecular weight is 446 g/mol. The van der Waals surface area contributed by atoms with Crippen molar-refractivity contribution in [1.29, 1.82) is 0 Å². The molecule has 2 aliphatic heterocycles. The van der Waals surface area contributed by atoms with Gasteiger partial charge in [-0.15, -0.1) is 5.10 Å². The number of halogens is 1. The summed E-state index contributed by atoms with van der Waals surface area (Å²) in [6.07, 6.45) is 3.99. The van der Waals surface area contributed by atoms with Crippen molar-refractivity contribution in [3.63, 3.8) is 0 Å². The Hall–Kier alpha value is -2.52. The van der Waals surface area contributed by atoms with Gasteiger partial charge in [0.2, 0.25) is 11.8 Å². The second-order valence-corrected chi connectivity index (χ2v) is 9.00. The van der Waals surface area contributed by atoms with Crippen LogP contribution < -0.4 is 10.6 Å². The zero-order valence-corrected chi connectivity index (χ0v) is 18.5. The minimum atomic E-state index is -0.446. The van der Waals surface area contributed by atoms with Crippen molar-refractivity contribution in [2.75, 3.05) is 13.1 Å². The number of carbonyl (C=O) groups excluding carboxylic acids is 2. The summed E-state index contributed by atoms with van der Waals surface area (Å²) in [6, 6.07) is 4.70. The summed E-state index contributed by atoms with van der Waals surface area (Å²) in [6.45, 7) is 6.04. The Bertz CT molecular complexity index is 934. The minimum absolute atomic E-state index is 0.0472. The van der Waals surface area contributed by atoms with E-state index in [1.165, 1.54) is 11.0 Å². The van der Waals surface area contributed by atoms with Crippen molar-refractivity contribution in [3.05, 3.63) is 35.1 Å². The number of likely N-dealkylation sites (tertiary alicyclic amines) is 1. The Balaban J connectivity index is 1.44. The molecule has 4 rings (SSSR count). The molecule has 2 aliphatic rings. The van der Waals surface area contributed by atoms with E-state index in [9.17, 15) is 9.59 Å². The van der Waals surface area contributed by atoms with Gasteiger partial charge in [-0.25, -0.2) is 4.68 Å². The third-order valence-corrected chi connectivity index (χ3v) is 6.56. The lowest BCUT2D eigenvalue weighted by atomic mass is 9.88. The highest BCUT2D eigenvalue weighted by atomic mass is 35.5. The highest BCUT2D eigenvalue weighted by molar-refractivity contribution is 6.30. The number of nitrogens with one attached hydrogen (secondary N) is 2. The number of hydrogen-bond acceptors (Lipinski definition) is 6. The molecule has 2 amide bonds. The lowest BCUT2D eigenvalue weighted by Crippen LogP contribution is -2.52. The number of carbonyl (C=O) groups is 2. The molecule has 2 fully saturated rings. The number of aromatic nitrogens is 4. The average Bonchev–Trinajstić information content (AvgIpc) is 3.52. The molecule has 3 heterocycles. The standard InChI is InChI=1S/C21H28ClN7O2/c1-13(2)16-7-8-23-19(16)21(31)28-9-3-4-18(28)20(30)24-11-14-10-15(22)5-6-17(14)29-12-25-26-27-29/h5-6,10,12-13,16,18-19,23H,3-4,7-9,11H2,1-2H3,(H,24,30)/t16?,18-,19-/m0/s1. The van der Waals surface area contributed by atoms with E-state index in [-0.39, 0.29) is 24.4 Å². The maximum absolute atomic E-state index is 13.2. The van der Waals surface area contributed by atoms with Crippen LogP contribution in [0.5, 0.6) is 0 Å². The molecule has 2 aromatic rings. The molecule has 2 N–H and O–H groups in total. The molecule has 31 heavy (non-hydrogen) atoms. The van der Waals surface area contributed by atoms with Gasteiger partial charge in [0.15, 0.2) is 0 Å². The molecular weight excluding hydrogens is 418 g/mol. The summed E-state index contributed by atoms with van der Waals surface area (Å²) < 4.78 is 1.53. The van der Waals surface area contributed by atoms with Gasteiger partial charge in [0.25, 0.3) is 0 Å². The van der Waals surface area contributed by atoms with Gasteiger partial charge in [0, 0.05) is 18.1 Å². The topological polar surface area (TPSA) is 105 Å². The van der Waals surface area contributed by atoms with Gasteiger partial charge in [-0.05, 0) is 71.8 Å². The summed E-state index contributed by atoms with van der Waals surface area (Å²) in [4.78, 5) is 28.0. The summed E-state index contributed by atoms with van der Waals surface area (Å²) in [5, 5.41) is 18.2. The fourth-order valence-corrected chi connectivity index (χ4v) is 4.88. The van der Waals surface area contributed by atoms with Gasteiger partial charge < -0.3 is 15.5 Å². The number of hydrogen-bond donors (Lipinski definition) is 2. The summed E-state index contributed by atoms with van der Waals surface area (Å²) in [7, 11) is 0. The maximum Gasteiger partial charge on any atom is 0.243 e. The van der Waals surface area contributed by atoms with E-state index < -0.39 is 6.04 Å². The number of benzene rings is 1. The lowest BCUT2D eigenvalue weighted by molar-refractivity contribution is -0.140. The molecule has 0 aliphatic carbocycles. The smallest absolute Gasteiger partial charge is 0.243 e. The fraction of sp³-hybridized carbons (Fsp3) is 0.571. The Kier molecular flexibility index (Phi) is 6.52. The van der Waals surface area contributed by atoms with Gasteiger partial charge in [0.1, 0.15) is 12.4 Å². The van der Waals surface area contributed by atoms with Crippen molar-refractivity contribution in [2.24, 2.45) is 11.8 Å². The minimum Gasteiger partial charge on any atom is -0.350 e. The van der Waals surface area contributed by atoms with E-state index >= 15 is 0 Å². The number of nitrogens with zero attached hydrogens (tertiary/aromatic N) is 5.